The summed E-state index contributed by atoms with van der Waals surface area (Å²) >= 11 is 1.95. The fourth-order valence-electron chi connectivity index (χ4n) is 10.9. The molecule has 395 valence electrons. The third kappa shape index (κ3) is 10.2. The summed E-state index contributed by atoms with van der Waals surface area (Å²) < 4.78 is 12.7. The van der Waals surface area contributed by atoms with E-state index in [0.717, 1.165) is 44.9 Å². The van der Waals surface area contributed by atoms with Crippen molar-refractivity contribution in [1.82, 2.24) is 9.97 Å². The van der Waals surface area contributed by atoms with E-state index in [1.165, 1.54) is 94.6 Å². The second-order valence-corrected chi connectivity index (χ2v) is 26.4. The molecule has 4 nitrogen and oxygen atoms in total. The van der Waals surface area contributed by atoms with Crippen molar-refractivity contribution in [3.8, 4) is 33.6 Å². The van der Waals surface area contributed by atoms with Gasteiger partial charge in [-0.15, -0.1) is 65.7 Å². The maximum absolute atomic E-state index is 12.7. The standard InChI is InChI=1S/C57H57BN3S.C13H11FN.Ir/c1-54(2,3)38-18-22-42(23-19-38)60-46-24-20-39(55(4,5)6)31-43(46)58-44-32-41(57(10,11)12)34-51-53(44)61(47-25-21-40(56(7,8)9)33-50(47)62-51)49-30-37(29-48(60)52(49)58)36-26-27-59-45(28-36)35-16-14-13-15-17-35;1-9-7-13(15-8-10(9)2)11-3-5-12(14)6-4-11;/h13-16,18-34H,1-12H3;3,5-8H,1-2H3;/q2*-1;. The van der Waals surface area contributed by atoms with Crippen molar-refractivity contribution in [1.29, 1.82) is 0 Å². The summed E-state index contributed by atoms with van der Waals surface area (Å²) in [4.78, 5) is 16.9. The van der Waals surface area contributed by atoms with Crippen LogP contribution in [0.25, 0.3) is 33.6 Å². The minimum Gasteiger partial charge on any atom is -0.311 e. The molecule has 0 aliphatic carbocycles. The van der Waals surface area contributed by atoms with E-state index in [1.807, 2.05) is 56.2 Å². The van der Waals surface area contributed by atoms with Crippen molar-refractivity contribution in [2.75, 3.05) is 9.80 Å². The van der Waals surface area contributed by atoms with Gasteiger partial charge in [0.25, 0.3) is 6.71 Å². The van der Waals surface area contributed by atoms with Gasteiger partial charge in [-0.2, -0.15) is 0 Å². The van der Waals surface area contributed by atoms with E-state index in [4.69, 9.17) is 4.98 Å². The molecule has 0 atom stereocenters. The van der Waals surface area contributed by atoms with E-state index >= 15 is 0 Å². The van der Waals surface area contributed by atoms with Crippen molar-refractivity contribution in [2.45, 2.75) is 128 Å². The molecule has 0 fully saturated rings. The van der Waals surface area contributed by atoms with Crippen LogP contribution in [0.15, 0.2) is 168 Å². The van der Waals surface area contributed by atoms with Gasteiger partial charge in [-0.05, 0) is 157 Å². The quantitative estimate of drug-likeness (QED) is 0.130. The van der Waals surface area contributed by atoms with Crippen LogP contribution in [0.4, 0.5) is 38.5 Å². The SMILES string of the molecule is CC(C)(C)c1ccc(N2c3ccc(C(C)(C)C)cc3B3c4cc(C(C)(C)C)cc5c4N(c4ccc(C(C)(C)C)cc4S5)c4cc(-c5ccnc(-c6[c-]cccc6)c5)cc2c43)cc1.Cc1cnc(-c2[c-]cc(F)cc2)cc1C.[Ir]. The van der Waals surface area contributed by atoms with Crippen LogP contribution in [0, 0.1) is 31.8 Å². The molecule has 0 N–H and O–H groups in total. The monoisotopic (exact) mass is 1220 g/mol. The third-order valence-electron chi connectivity index (χ3n) is 15.6. The first-order valence-electron chi connectivity index (χ1n) is 27.0. The molecule has 3 aliphatic heterocycles. The summed E-state index contributed by atoms with van der Waals surface area (Å²) in [5, 5.41) is 0. The summed E-state index contributed by atoms with van der Waals surface area (Å²) in [5.74, 6) is -0.275. The average Bonchev–Trinajstić information content (AvgIpc) is 3.41. The Balaban J connectivity index is 0.000000371. The molecule has 0 saturated carbocycles. The molecule has 0 spiro atoms. The number of halogens is 1. The number of benzene rings is 7. The number of hydrogen-bond donors (Lipinski definition) is 0. The maximum Gasteiger partial charge on any atom is 0.252 e. The number of fused-ring (bicyclic) bond motifs is 6. The van der Waals surface area contributed by atoms with Crippen LogP contribution in [-0.2, 0) is 41.8 Å². The Morgan fingerprint density at radius 1 is 0.500 bits per heavy atom. The molecule has 3 aliphatic rings. The predicted molar refractivity (Wildman–Crippen MR) is 325 cm³/mol. The van der Waals surface area contributed by atoms with Crippen molar-refractivity contribution >= 4 is 69.0 Å². The zero-order valence-corrected chi connectivity index (χ0v) is 50.7. The van der Waals surface area contributed by atoms with Crippen LogP contribution in [0.3, 0.4) is 0 Å². The Morgan fingerprint density at radius 3 is 1.73 bits per heavy atom. The van der Waals surface area contributed by atoms with Gasteiger partial charge in [0.2, 0.25) is 0 Å². The Labute approximate surface area is 481 Å². The maximum atomic E-state index is 12.7. The molecule has 8 heteroatoms. The second-order valence-electron chi connectivity index (χ2n) is 25.3. The molecular formula is C70H68BFIrN4S-2. The van der Waals surface area contributed by atoms with Crippen LogP contribution in [0.1, 0.15) is 116 Å². The van der Waals surface area contributed by atoms with Gasteiger partial charge in [-0.1, -0.05) is 149 Å². The van der Waals surface area contributed by atoms with Gasteiger partial charge in [0.15, 0.2) is 0 Å². The van der Waals surface area contributed by atoms with E-state index in [2.05, 4.69) is 219 Å². The van der Waals surface area contributed by atoms with Crippen LogP contribution >= 0.6 is 11.8 Å². The summed E-state index contributed by atoms with van der Waals surface area (Å²) in [6.45, 7) is 32.0. The summed E-state index contributed by atoms with van der Waals surface area (Å²) in [5.41, 5.74) is 25.0. The average molecular weight is 1220 g/mol. The molecule has 0 amide bonds. The number of aromatic nitrogens is 2. The first-order valence-corrected chi connectivity index (χ1v) is 27.8. The Bertz CT molecular complexity index is 3750. The summed E-state index contributed by atoms with van der Waals surface area (Å²) in [6.07, 6.45) is 3.77. The number of aryl methyl sites for hydroxylation is 2. The zero-order valence-electron chi connectivity index (χ0n) is 47.5. The molecule has 0 saturated heterocycles. The molecule has 78 heavy (non-hydrogen) atoms. The van der Waals surface area contributed by atoms with Gasteiger partial charge in [0.05, 0.1) is 11.4 Å². The van der Waals surface area contributed by atoms with Gasteiger partial charge in [-0.3, -0.25) is 4.39 Å². The van der Waals surface area contributed by atoms with Gasteiger partial charge in [-0.25, -0.2) is 0 Å². The number of nitrogens with zero attached hydrogens (tertiary/aromatic N) is 4. The molecule has 1 radical (unpaired) electrons. The van der Waals surface area contributed by atoms with Crippen LogP contribution in [0.2, 0.25) is 0 Å². The fourth-order valence-corrected chi connectivity index (χ4v) is 12.1. The number of pyridine rings is 2. The molecule has 9 aromatic rings. The van der Waals surface area contributed by atoms with Gasteiger partial charge in [0, 0.05) is 70.9 Å². The van der Waals surface area contributed by atoms with Gasteiger partial charge in [0.1, 0.15) is 0 Å². The normalized spacial score (nSPS) is 13.3. The third-order valence-corrected chi connectivity index (χ3v) is 16.7. The second kappa shape index (κ2) is 20.3. The largest absolute Gasteiger partial charge is 0.311 e. The van der Waals surface area contributed by atoms with E-state index in [9.17, 15) is 4.39 Å². The molecule has 7 aromatic carbocycles. The first kappa shape index (κ1) is 54.8. The van der Waals surface area contributed by atoms with E-state index in [1.54, 1.807) is 6.07 Å². The van der Waals surface area contributed by atoms with E-state index < -0.39 is 0 Å². The number of hydrogen-bond acceptors (Lipinski definition) is 5. The van der Waals surface area contributed by atoms with Crippen LogP contribution in [0.5, 0.6) is 0 Å². The van der Waals surface area contributed by atoms with Gasteiger partial charge < -0.3 is 19.8 Å². The number of anilines is 6. The first-order chi connectivity index (χ1) is 36.4. The van der Waals surface area contributed by atoms with E-state index in [-0.39, 0.29) is 54.3 Å². The van der Waals surface area contributed by atoms with Gasteiger partial charge >= 0.3 is 0 Å². The summed E-state index contributed by atoms with van der Waals surface area (Å²) in [6, 6.07) is 59.1. The summed E-state index contributed by atoms with van der Waals surface area (Å²) in [7, 11) is 0. The number of rotatable bonds is 4. The molecular weight excluding hydrogens is 1150 g/mol. The van der Waals surface area contributed by atoms with Crippen molar-refractivity contribution in [3.05, 3.63) is 209 Å². The molecule has 0 unspecified atom stereocenters. The fraction of sp³-hybridized carbons (Fsp3) is 0.257. The molecule has 0 bridgehead atoms. The Hall–Kier alpha value is -6.57. The van der Waals surface area contributed by atoms with Crippen LogP contribution < -0.4 is 26.2 Å². The minimum absolute atomic E-state index is 0. The molecule has 2 aromatic heterocycles. The van der Waals surface area contributed by atoms with Crippen LogP contribution in [-0.4, -0.2) is 16.7 Å². The van der Waals surface area contributed by atoms with Crippen molar-refractivity contribution < 1.29 is 24.5 Å². The smallest absolute Gasteiger partial charge is 0.252 e. The zero-order chi connectivity index (χ0) is 54.5. The molecule has 12 rings (SSSR count). The van der Waals surface area contributed by atoms with Crippen molar-refractivity contribution in [2.24, 2.45) is 0 Å². The van der Waals surface area contributed by atoms with E-state index in [0.29, 0.717) is 0 Å². The molecule has 5 heterocycles. The topological polar surface area (TPSA) is 32.3 Å². The van der Waals surface area contributed by atoms with Crippen molar-refractivity contribution in [3.63, 3.8) is 0 Å². The minimum atomic E-state index is -0.275. The Kier molecular flexibility index (Phi) is 14.2. The Morgan fingerprint density at radius 2 is 1.10 bits per heavy atom. The predicted octanol–water partition coefficient (Wildman–Crippen LogP) is 17.3.